The van der Waals surface area contributed by atoms with Gasteiger partial charge in [-0.25, -0.2) is 9.97 Å². The topological polar surface area (TPSA) is 80.7 Å². The second kappa shape index (κ2) is 8.57. The molecule has 3 rings (SSSR count). The van der Waals surface area contributed by atoms with Crippen molar-refractivity contribution in [3.05, 3.63) is 57.3 Å². The predicted molar refractivity (Wildman–Crippen MR) is 105 cm³/mol. The molecular weight excluding hydrogens is 390 g/mol. The molecule has 2 heterocycles. The summed E-state index contributed by atoms with van der Waals surface area (Å²) in [4.78, 5) is 20.9. The van der Waals surface area contributed by atoms with Crippen LogP contribution in [0.5, 0.6) is 0 Å². The third-order valence-electron chi connectivity index (χ3n) is 3.42. The Morgan fingerprint density at radius 1 is 1.27 bits per heavy atom. The molecule has 0 fully saturated rings. The van der Waals surface area contributed by atoms with Gasteiger partial charge in [-0.15, -0.1) is 10.2 Å². The van der Waals surface area contributed by atoms with Crippen LogP contribution in [0.4, 0.5) is 5.13 Å². The summed E-state index contributed by atoms with van der Waals surface area (Å²) in [6.45, 7) is 4.02. The minimum absolute atomic E-state index is 0.126. The highest BCUT2D eigenvalue weighted by molar-refractivity contribution is 7.98. The molecule has 0 saturated heterocycles. The molecule has 2 aromatic heterocycles. The van der Waals surface area contributed by atoms with Gasteiger partial charge in [0.2, 0.25) is 5.13 Å². The minimum Gasteiger partial charge on any atom is -0.295 e. The molecule has 0 saturated carbocycles. The van der Waals surface area contributed by atoms with Gasteiger partial charge in [-0.3, -0.25) is 10.1 Å². The van der Waals surface area contributed by atoms with Crippen LogP contribution in [0.3, 0.4) is 0 Å². The number of amides is 1. The number of nitrogens with zero attached hydrogens (tertiary/aromatic N) is 4. The lowest BCUT2D eigenvalue weighted by atomic mass is 10.2. The highest BCUT2D eigenvalue weighted by Crippen LogP contribution is 2.23. The van der Waals surface area contributed by atoms with E-state index in [0.29, 0.717) is 16.0 Å². The Balaban J connectivity index is 1.70. The van der Waals surface area contributed by atoms with E-state index in [-0.39, 0.29) is 10.7 Å². The van der Waals surface area contributed by atoms with Crippen molar-refractivity contribution in [2.45, 2.75) is 31.2 Å². The van der Waals surface area contributed by atoms with E-state index in [1.165, 1.54) is 34.9 Å². The van der Waals surface area contributed by atoms with E-state index in [9.17, 15) is 4.79 Å². The summed E-state index contributed by atoms with van der Waals surface area (Å²) < 4.78 is 0. The molecule has 9 heteroatoms. The minimum atomic E-state index is -0.423. The zero-order chi connectivity index (χ0) is 18.5. The van der Waals surface area contributed by atoms with Crippen LogP contribution in [0.2, 0.25) is 5.02 Å². The third kappa shape index (κ3) is 4.78. The van der Waals surface area contributed by atoms with Crippen molar-refractivity contribution in [1.29, 1.82) is 0 Å². The van der Waals surface area contributed by atoms with E-state index in [0.717, 1.165) is 17.0 Å². The predicted octanol–water partition coefficient (Wildman–Crippen LogP) is 4.40. The first-order chi connectivity index (χ1) is 12.5. The van der Waals surface area contributed by atoms with Gasteiger partial charge in [-0.1, -0.05) is 71.5 Å². The largest absolute Gasteiger partial charge is 0.295 e. The SMILES string of the molecule is CCc1nnc(NC(=O)c2nc(SCc3ccc(C)cc3)ncc2Cl)s1. The Bertz CT molecular complexity index is 914. The monoisotopic (exact) mass is 405 g/mol. The molecule has 0 aliphatic carbocycles. The van der Waals surface area contributed by atoms with E-state index in [1.54, 1.807) is 0 Å². The quantitative estimate of drug-likeness (QED) is 0.483. The van der Waals surface area contributed by atoms with Crippen molar-refractivity contribution in [1.82, 2.24) is 20.2 Å². The maximum Gasteiger partial charge on any atom is 0.277 e. The lowest BCUT2D eigenvalue weighted by Gasteiger charge is -2.06. The number of aromatic nitrogens is 4. The van der Waals surface area contributed by atoms with Gasteiger partial charge in [0.15, 0.2) is 10.9 Å². The summed E-state index contributed by atoms with van der Waals surface area (Å²) in [7, 11) is 0. The smallest absolute Gasteiger partial charge is 0.277 e. The number of hydrogen-bond acceptors (Lipinski definition) is 7. The highest BCUT2D eigenvalue weighted by Gasteiger charge is 2.16. The first kappa shape index (κ1) is 18.8. The maximum absolute atomic E-state index is 12.4. The number of hydrogen-bond donors (Lipinski definition) is 1. The van der Waals surface area contributed by atoms with Crippen molar-refractivity contribution < 1.29 is 4.79 Å². The third-order valence-corrected chi connectivity index (χ3v) is 5.61. The van der Waals surface area contributed by atoms with Crippen LogP contribution in [0, 0.1) is 6.92 Å². The fraction of sp³-hybridized carbons (Fsp3) is 0.235. The lowest BCUT2D eigenvalue weighted by molar-refractivity contribution is 0.102. The van der Waals surface area contributed by atoms with Crippen molar-refractivity contribution in [2.24, 2.45) is 0 Å². The van der Waals surface area contributed by atoms with Crippen LogP contribution in [0.15, 0.2) is 35.6 Å². The average Bonchev–Trinajstić information content (AvgIpc) is 3.10. The van der Waals surface area contributed by atoms with Gasteiger partial charge < -0.3 is 0 Å². The molecule has 0 unspecified atom stereocenters. The van der Waals surface area contributed by atoms with Gasteiger partial charge in [-0.2, -0.15) is 0 Å². The van der Waals surface area contributed by atoms with Crippen LogP contribution in [-0.2, 0) is 12.2 Å². The van der Waals surface area contributed by atoms with Crippen LogP contribution < -0.4 is 5.32 Å². The lowest BCUT2D eigenvalue weighted by Crippen LogP contribution is -2.15. The van der Waals surface area contributed by atoms with E-state index < -0.39 is 5.91 Å². The number of aryl methyl sites for hydroxylation is 2. The summed E-state index contributed by atoms with van der Waals surface area (Å²) in [5, 5.41) is 12.6. The van der Waals surface area contributed by atoms with Crippen molar-refractivity contribution in [3.8, 4) is 0 Å². The summed E-state index contributed by atoms with van der Waals surface area (Å²) in [5.74, 6) is 0.285. The molecule has 0 aliphatic heterocycles. The number of carbonyl (C=O) groups excluding carboxylic acids is 1. The molecule has 0 atom stereocenters. The number of rotatable bonds is 6. The summed E-state index contributed by atoms with van der Waals surface area (Å²) in [5.41, 5.74) is 2.50. The Morgan fingerprint density at radius 2 is 2.04 bits per heavy atom. The molecule has 1 N–H and O–H groups in total. The number of nitrogens with one attached hydrogen (secondary N) is 1. The van der Waals surface area contributed by atoms with E-state index in [1.807, 2.05) is 13.8 Å². The molecule has 134 valence electrons. The molecule has 0 radical (unpaired) electrons. The highest BCUT2D eigenvalue weighted by atomic mass is 35.5. The molecule has 3 aromatic rings. The average molecular weight is 406 g/mol. The molecule has 0 aliphatic rings. The van der Waals surface area contributed by atoms with Crippen molar-refractivity contribution in [3.63, 3.8) is 0 Å². The van der Waals surface area contributed by atoms with Crippen LogP contribution in [-0.4, -0.2) is 26.1 Å². The van der Waals surface area contributed by atoms with Crippen LogP contribution >= 0.6 is 34.7 Å². The molecule has 1 aromatic carbocycles. The number of thioether (sulfide) groups is 1. The van der Waals surface area contributed by atoms with Gasteiger partial charge in [0.25, 0.3) is 5.91 Å². The Morgan fingerprint density at radius 3 is 2.73 bits per heavy atom. The summed E-state index contributed by atoms with van der Waals surface area (Å²) >= 11 is 8.87. The summed E-state index contributed by atoms with van der Waals surface area (Å²) in [6, 6.07) is 8.24. The Labute approximate surface area is 164 Å². The normalized spacial score (nSPS) is 10.7. The molecular formula is C17H16ClN5OS2. The van der Waals surface area contributed by atoms with Gasteiger partial charge in [0, 0.05) is 5.75 Å². The Kier molecular flexibility index (Phi) is 6.18. The van der Waals surface area contributed by atoms with E-state index in [4.69, 9.17) is 11.6 Å². The second-order valence-corrected chi connectivity index (χ2v) is 7.84. The number of halogens is 1. The zero-order valence-electron chi connectivity index (χ0n) is 14.2. The van der Waals surface area contributed by atoms with Gasteiger partial charge in [-0.05, 0) is 18.9 Å². The van der Waals surface area contributed by atoms with Crippen molar-refractivity contribution >= 4 is 45.7 Å². The maximum atomic E-state index is 12.4. The van der Waals surface area contributed by atoms with Gasteiger partial charge >= 0.3 is 0 Å². The number of benzene rings is 1. The molecule has 1 amide bonds. The van der Waals surface area contributed by atoms with E-state index in [2.05, 4.69) is 49.7 Å². The molecule has 0 bridgehead atoms. The van der Waals surface area contributed by atoms with Gasteiger partial charge in [0.1, 0.15) is 5.01 Å². The fourth-order valence-electron chi connectivity index (χ4n) is 2.02. The number of anilines is 1. The second-order valence-electron chi connectivity index (χ2n) is 5.43. The van der Waals surface area contributed by atoms with Gasteiger partial charge in [0.05, 0.1) is 11.2 Å². The standard InChI is InChI=1S/C17H16ClN5OS2/c1-3-13-22-23-17(26-13)21-15(24)14-12(18)8-19-16(20-14)25-9-11-6-4-10(2)5-7-11/h4-8H,3,9H2,1-2H3,(H,21,23,24). The van der Waals surface area contributed by atoms with Crippen LogP contribution in [0.1, 0.15) is 33.5 Å². The first-order valence-electron chi connectivity index (χ1n) is 7.89. The van der Waals surface area contributed by atoms with Crippen LogP contribution in [0.25, 0.3) is 0 Å². The molecule has 6 nitrogen and oxygen atoms in total. The zero-order valence-corrected chi connectivity index (χ0v) is 16.6. The molecule has 26 heavy (non-hydrogen) atoms. The number of carbonyl (C=O) groups is 1. The Hall–Kier alpha value is -2.03. The first-order valence-corrected chi connectivity index (χ1v) is 10.1. The summed E-state index contributed by atoms with van der Waals surface area (Å²) in [6.07, 6.45) is 2.21. The fourth-order valence-corrected chi connectivity index (χ4v) is 3.64. The van der Waals surface area contributed by atoms with Crippen molar-refractivity contribution in [2.75, 3.05) is 5.32 Å². The van der Waals surface area contributed by atoms with E-state index >= 15 is 0 Å². The molecule has 0 spiro atoms.